The Labute approximate surface area is 254 Å². The minimum atomic E-state index is -2.00. The molecule has 2 aliphatic heterocycles. The van der Waals surface area contributed by atoms with E-state index in [1.54, 1.807) is 35.4 Å². The SMILES string of the molecule is CC(C)(C)OC(=O)N1C[C@@H]2[C@H](C1)C2(C#N)c1ccc(-c2ccc(N3C[C@H](CO[Si](C)(C)C(C)(C)C)OC3=O)cc2F)cn1. The van der Waals surface area contributed by atoms with Gasteiger partial charge in [-0.05, 0) is 63.2 Å². The summed E-state index contributed by atoms with van der Waals surface area (Å²) < 4.78 is 32.6. The quantitative estimate of drug-likeness (QED) is 0.345. The lowest BCUT2D eigenvalue weighted by Crippen LogP contribution is -2.43. The molecule has 9 nitrogen and oxygen atoms in total. The topological polar surface area (TPSA) is 105 Å². The van der Waals surface area contributed by atoms with Gasteiger partial charge in [-0.3, -0.25) is 9.88 Å². The highest BCUT2D eigenvalue weighted by molar-refractivity contribution is 6.74. The Balaban J connectivity index is 1.23. The van der Waals surface area contributed by atoms with Gasteiger partial charge in [-0.1, -0.05) is 26.8 Å². The minimum absolute atomic E-state index is 0.0179. The molecule has 0 spiro atoms. The monoisotopic (exact) mass is 608 g/mol. The number of hydrogen-bond acceptors (Lipinski definition) is 7. The summed E-state index contributed by atoms with van der Waals surface area (Å²) in [6.45, 7) is 17.7. The number of fused-ring (bicyclic) bond motifs is 1. The van der Waals surface area contributed by atoms with Crippen molar-refractivity contribution < 1.29 is 27.9 Å². The van der Waals surface area contributed by atoms with Crippen molar-refractivity contribution in [2.75, 3.05) is 31.1 Å². The normalized spacial score (nSPS) is 25.3. The molecule has 2 aromatic rings. The van der Waals surface area contributed by atoms with Gasteiger partial charge in [-0.25, -0.2) is 14.0 Å². The van der Waals surface area contributed by atoms with Crippen LogP contribution in [0.5, 0.6) is 0 Å². The summed E-state index contributed by atoms with van der Waals surface area (Å²) in [6, 6.07) is 10.6. The third kappa shape index (κ3) is 5.75. The predicted octanol–water partition coefficient (Wildman–Crippen LogP) is 6.49. The first-order chi connectivity index (χ1) is 20.0. The number of hydrogen-bond donors (Lipinski definition) is 0. The fraction of sp³-hybridized carbons (Fsp3) is 0.562. The molecule has 1 aromatic heterocycles. The fourth-order valence-electron chi connectivity index (χ4n) is 5.75. The Morgan fingerprint density at radius 2 is 1.81 bits per heavy atom. The molecule has 3 aliphatic rings. The molecule has 3 fully saturated rings. The molecule has 0 N–H and O–H groups in total. The Kier molecular flexibility index (Phi) is 7.62. The maximum absolute atomic E-state index is 15.4. The first-order valence-electron chi connectivity index (χ1n) is 14.7. The molecule has 2 saturated heterocycles. The van der Waals surface area contributed by atoms with Crippen molar-refractivity contribution in [3.8, 4) is 17.2 Å². The number of likely N-dealkylation sites (tertiary alicyclic amines) is 1. The first-order valence-corrected chi connectivity index (χ1v) is 17.7. The lowest BCUT2D eigenvalue weighted by Gasteiger charge is -2.36. The smallest absolute Gasteiger partial charge is 0.414 e. The second kappa shape index (κ2) is 10.6. The van der Waals surface area contributed by atoms with Gasteiger partial charge in [-0.2, -0.15) is 5.26 Å². The van der Waals surface area contributed by atoms with Crippen molar-refractivity contribution in [2.45, 2.75) is 76.8 Å². The van der Waals surface area contributed by atoms with Gasteiger partial charge in [0.2, 0.25) is 0 Å². The van der Waals surface area contributed by atoms with Gasteiger partial charge in [0, 0.05) is 42.2 Å². The zero-order valence-electron chi connectivity index (χ0n) is 26.2. The molecular formula is C32H41FN4O5Si. The highest BCUT2D eigenvalue weighted by Crippen LogP contribution is 2.63. The van der Waals surface area contributed by atoms with Crippen molar-refractivity contribution in [1.82, 2.24) is 9.88 Å². The zero-order chi connectivity index (χ0) is 31.5. The molecule has 0 radical (unpaired) electrons. The molecule has 3 heterocycles. The maximum atomic E-state index is 15.4. The van der Waals surface area contributed by atoms with E-state index in [-0.39, 0.29) is 29.5 Å². The number of piperidine rings is 1. The Morgan fingerprint density at radius 3 is 2.35 bits per heavy atom. The Hall–Kier alpha value is -3.49. The van der Waals surface area contributed by atoms with Crippen LogP contribution in [0, 0.1) is 29.0 Å². The summed E-state index contributed by atoms with van der Waals surface area (Å²) in [5, 5.41) is 10.1. The molecular weight excluding hydrogens is 567 g/mol. The third-order valence-corrected chi connectivity index (χ3v) is 13.8. The van der Waals surface area contributed by atoms with E-state index >= 15 is 4.39 Å². The molecule has 1 unspecified atom stereocenters. The lowest BCUT2D eigenvalue weighted by atomic mass is 9.95. The van der Waals surface area contributed by atoms with Crippen LogP contribution in [0.3, 0.4) is 0 Å². The van der Waals surface area contributed by atoms with Crippen LogP contribution < -0.4 is 4.90 Å². The molecule has 1 aromatic carbocycles. The van der Waals surface area contributed by atoms with Gasteiger partial charge in [0.1, 0.15) is 22.9 Å². The number of carbonyl (C=O) groups is 2. The first kappa shape index (κ1) is 30.9. The van der Waals surface area contributed by atoms with Crippen molar-refractivity contribution in [3.05, 3.63) is 48.0 Å². The van der Waals surface area contributed by atoms with E-state index < -0.39 is 37.3 Å². The molecule has 0 bridgehead atoms. The van der Waals surface area contributed by atoms with E-state index in [9.17, 15) is 14.9 Å². The van der Waals surface area contributed by atoms with Crippen LogP contribution in [0.25, 0.3) is 11.1 Å². The number of nitriles is 1. The third-order valence-electron chi connectivity index (χ3n) is 9.29. The van der Waals surface area contributed by atoms with Crippen LogP contribution in [0.1, 0.15) is 47.2 Å². The van der Waals surface area contributed by atoms with E-state index in [0.29, 0.717) is 42.2 Å². The molecule has 43 heavy (non-hydrogen) atoms. The average Bonchev–Trinajstić information content (AvgIpc) is 3.18. The number of nitrogens with zero attached hydrogens (tertiary/aromatic N) is 4. The summed E-state index contributed by atoms with van der Waals surface area (Å²) in [5.74, 6) is -0.529. The number of rotatable bonds is 6. The number of benzene rings is 1. The van der Waals surface area contributed by atoms with Gasteiger partial charge in [0.15, 0.2) is 8.32 Å². The number of ether oxygens (including phenoxy) is 2. The number of carbonyl (C=O) groups excluding carboxylic acids is 2. The number of pyridine rings is 1. The van der Waals surface area contributed by atoms with Gasteiger partial charge in [0.25, 0.3) is 0 Å². The van der Waals surface area contributed by atoms with Crippen LogP contribution in [0.4, 0.5) is 19.7 Å². The maximum Gasteiger partial charge on any atom is 0.414 e. The van der Waals surface area contributed by atoms with E-state index in [1.165, 1.54) is 11.0 Å². The Morgan fingerprint density at radius 1 is 1.14 bits per heavy atom. The number of amides is 2. The summed E-state index contributed by atoms with van der Waals surface area (Å²) in [5.41, 5.74) is 0.592. The second-order valence-electron chi connectivity index (χ2n) is 14.4. The van der Waals surface area contributed by atoms with Gasteiger partial charge >= 0.3 is 12.2 Å². The summed E-state index contributed by atoms with van der Waals surface area (Å²) in [6.07, 6.45) is 0.256. The van der Waals surface area contributed by atoms with Gasteiger partial charge in [-0.15, -0.1) is 0 Å². The van der Waals surface area contributed by atoms with Crippen LogP contribution in [0.15, 0.2) is 36.5 Å². The van der Waals surface area contributed by atoms with E-state index in [1.807, 2.05) is 20.8 Å². The summed E-state index contributed by atoms with van der Waals surface area (Å²) >= 11 is 0. The van der Waals surface area contributed by atoms with Crippen molar-refractivity contribution in [3.63, 3.8) is 0 Å². The zero-order valence-corrected chi connectivity index (χ0v) is 27.2. The average molecular weight is 609 g/mol. The molecule has 1 saturated carbocycles. The lowest BCUT2D eigenvalue weighted by molar-refractivity contribution is 0.0265. The van der Waals surface area contributed by atoms with Gasteiger partial charge in [0.05, 0.1) is 30.6 Å². The van der Waals surface area contributed by atoms with Crippen LogP contribution in [-0.2, 0) is 19.3 Å². The molecule has 4 atom stereocenters. The van der Waals surface area contributed by atoms with E-state index in [0.717, 1.165) is 0 Å². The van der Waals surface area contributed by atoms with Crippen LogP contribution >= 0.6 is 0 Å². The molecule has 11 heteroatoms. The van der Waals surface area contributed by atoms with E-state index in [4.69, 9.17) is 13.9 Å². The summed E-state index contributed by atoms with van der Waals surface area (Å²) in [7, 11) is -2.00. The standard InChI is InChI=1S/C32H41FN4O5Si/c1-30(2,3)42-28(38)36-16-24-25(17-36)32(24,19-34)27-12-9-20(14-35-27)23-11-10-21(13-26(23)33)37-15-22(41-29(37)39)18-40-43(7,8)31(4,5)6/h9-14,22,24-25H,15-18H2,1-8H3/t22-,24-,25+,32?/m1/s1. The number of aromatic nitrogens is 1. The van der Waals surface area contributed by atoms with Gasteiger partial charge < -0.3 is 18.8 Å². The van der Waals surface area contributed by atoms with Crippen LogP contribution in [-0.4, -0.2) is 68.3 Å². The van der Waals surface area contributed by atoms with Crippen LogP contribution in [0.2, 0.25) is 18.1 Å². The molecule has 5 rings (SSSR count). The highest BCUT2D eigenvalue weighted by Gasteiger charge is 2.71. The Bertz CT molecular complexity index is 1450. The molecule has 2 amide bonds. The second-order valence-corrected chi connectivity index (χ2v) is 19.2. The fourth-order valence-corrected chi connectivity index (χ4v) is 6.79. The van der Waals surface area contributed by atoms with Crippen molar-refractivity contribution >= 4 is 26.2 Å². The minimum Gasteiger partial charge on any atom is -0.444 e. The number of halogens is 1. The van der Waals surface area contributed by atoms with E-state index in [2.05, 4.69) is 44.9 Å². The van der Waals surface area contributed by atoms with Crippen molar-refractivity contribution in [1.29, 1.82) is 5.26 Å². The number of anilines is 1. The number of cyclic esters (lactones) is 1. The molecule has 230 valence electrons. The predicted molar refractivity (Wildman–Crippen MR) is 162 cm³/mol. The molecule has 1 aliphatic carbocycles. The largest absolute Gasteiger partial charge is 0.444 e. The van der Waals surface area contributed by atoms with Crippen molar-refractivity contribution in [2.24, 2.45) is 11.8 Å². The highest BCUT2D eigenvalue weighted by atomic mass is 28.4. The summed E-state index contributed by atoms with van der Waals surface area (Å²) in [4.78, 5) is 32.7.